The van der Waals surface area contributed by atoms with Crippen molar-refractivity contribution in [2.24, 2.45) is 5.92 Å². The molecule has 0 aliphatic rings. The molecule has 3 rings (SSSR count). The molecule has 34 heavy (non-hydrogen) atoms. The monoisotopic (exact) mass is 481 g/mol. The van der Waals surface area contributed by atoms with Crippen LogP contribution in [0.1, 0.15) is 77.2 Å². The molecule has 0 spiro atoms. The highest BCUT2D eigenvalue weighted by Crippen LogP contribution is 2.28. The van der Waals surface area contributed by atoms with Crippen LogP contribution in [-0.4, -0.2) is 26.9 Å². The van der Waals surface area contributed by atoms with Crippen LogP contribution in [0.3, 0.4) is 0 Å². The molecule has 0 fully saturated rings. The highest BCUT2D eigenvalue weighted by molar-refractivity contribution is 6.31. The Morgan fingerprint density at radius 3 is 2.50 bits per heavy atom. The van der Waals surface area contributed by atoms with E-state index in [-0.39, 0.29) is 23.4 Å². The summed E-state index contributed by atoms with van der Waals surface area (Å²) in [6, 6.07) is 12.5. The van der Waals surface area contributed by atoms with Gasteiger partial charge in [0.2, 0.25) is 5.91 Å². The summed E-state index contributed by atoms with van der Waals surface area (Å²) in [5, 5.41) is 1.13. The molecule has 0 saturated heterocycles. The lowest BCUT2D eigenvalue weighted by molar-refractivity contribution is -0.134. The van der Waals surface area contributed by atoms with E-state index in [2.05, 4.69) is 20.8 Å². The fourth-order valence-electron chi connectivity index (χ4n) is 4.35. The molecular formula is C28H36ClN3O2. The van der Waals surface area contributed by atoms with E-state index in [9.17, 15) is 9.59 Å². The van der Waals surface area contributed by atoms with Crippen molar-refractivity contribution in [2.45, 2.75) is 72.8 Å². The van der Waals surface area contributed by atoms with E-state index in [0.717, 1.165) is 31.2 Å². The summed E-state index contributed by atoms with van der Waals surface area (Å²) >= 11 is 6.43. The van der Waals surface area contributed by atoms with Crippen molar-refractivity contribution in [1.29, 1.82) is 0 Å². The zero-order valence-corrected chi connectivity index (χ0v) is 21.7. The second kappa shape index (κ2) is 11.7. The Labute approximate surface area is 207 Å². The Morgan fingerprint density at radius 1 is 1.06 bits per heavy atom. The van der Waals surface area contributed by atoms with E-state index in [1.54, 1.807) is 10.6 Å². The molecule has 2 aromatic carbocycles. The molecule has 5 nitrogen and oxygen atoms in total. The fraction of sp³-hybridized carbons (Fsp3) is 0.464. The molecule has 0 bridgehead atoms. The minimum absolute atomic E-state index is 0.0933. The molecule has 1 aromatic heterocycles. The van der Waals surface area contributed by atoms with Crippen LogP contribution in [0.5, 0.6) is 0 Å². The molecule has 3 aromatic rings. The summed E-state index contributed by atoms with van der Waals surface area (Å²) in [5.41, 5.74) is 1.98. The average molecular weight is 482 g/mol. The third-order valence-corrected chi connectivity index (χ3v) is 6.69. The van der Waals surface area contributed by atoms with Gasteiger partial charge in [-0.15, -0.1) is 0 Å². The summed E-state index contributed by atoms with van der Waals surface area (Å²) in [4.78, 5) is 33.9. The van der Waals surface area contributed by atoms with Gasteiger partial charge in [-0.2, -0.15) is 0 Å². The van der Waals surface area contributed by atoms with Gasteiger partial charge in [0.25, 0.3) is 5.56 Å². The quantitative estimate of drug-likeness (QED) is 0.297. The topological polar surface area (TPSA) is 55.2 Å². The van der Waals surface area contributed by atoms with Crippen molar-refractivity contribution in [1.82, 2.24) is 14.5 Å². The number of halogens is 1. The Balaban J connectivity index is 2.19. The van der Waals surface area contributed by atoms with Crippen LogP contribution in [0, 0.1) is 12.8 Å². The first-order valence-corrected chi connectivity index (χ1v) is 12.7. The van der Waals surface area contributed by atoms with E-state index in [0.29, 0.717) is 40.4 Å². The molecule has 0 radical (unpaired) electrons. The third kappa shape index (κ3) is 5.69. The van der Waals surface area contributed by atoms with Crippen LogP contribution in [0.4, 0.5) is 0 Å². The first-order valence-electron chi connectivity index (χ1n) is 12.3. The fourth-order valence-corrected chi connectivity index (χ4v) is 4.52. The largest absolute Gasteiger partial charge is 0.333 e. The van der Waals surface area contributed by atoms with Gasteiger partial charge in [-0.25, -0.2) is 4.98 Å². The molecule has 0 saturated carbocycles. The molecular weight excluding hydrogens is 446 g/mol. The minimum Gasteiger partial charge on any atom is -0.333 e. The number of benzene rings is 2. The summed E-state index contributed by atoms with van der Waals surface area (Å²) in [6.07, 6.45) is 4.73. The predicted molar refractivity (Wildman–Crippen MR) is 141 cm³/mol. The number of carbonyl (C=O) groups is 1. The van der Waals surface area contributed by atoms with Crippen molar-refractivity contribution in [3.8, 4) is 5.69 Å². The highest BCUT2D eigenvalue weighted by atomic mass is 35.5. The lowest BCUT2D eigenvalue weighted by atomic mass is 10.1. The number of hydrogen-bond donors (Lipinski definition) is 0. The summed E-state index contributed by atoms with van der Waals surface area (Å²) in [6.45, 7) is 10.8. The predicted octanol–water partition coefficient (Wildman–Crippen LogP) is 6.86. The van der Waals surface area contributed by atoms with Crippen LogP contribution in [0.25, 0.3) is 16.6 Å². The van der Waals surface area contributed by atoms with Gasteiger partial charge in [0.1, 0.15) is 5.82 Å². The molecule has 1 amide bonds. The van der Waals surface area contributed by atoms with Gasteiger partial charge in [-0.1, -0.05) is 69.8 Å². The number of hydrogen-bond acceptors (Lipinski definition) is 3. The van der Waals surface area contributed by atoms with E-state index in [1.807, 2.05) is 55.1 Å². The second-order valence-corrected chi connectivity index (χ2v) is 9.84. The lowest BCUT2D eigenvalue weighted by Crippen LogP contribution is -2.38. The first kappa shape index (κ1) is 26.0. The summed E-state index contributed by atoms with van der Waals surface area (Å²) < 4.78 is 1.65. The van der Waals surface area contributed by atoms with Gasteiger partial charge in [-0.05, 0) is 56.0 Å². The van der Waals surface area contributed by atoms with Crippen molar-refractivity contribution in [3.63, 3.8) is 0 Å². The maximum atomic E-state index is 13.8. The van der Waals surface area contributed by atoms with Gasteiger partial charge in [-0.3, -0.25) is 14.2 Å². The van der Waals surface area contributed by atoms with Gasteiger partial charge < -0.3 is 4.90 Å². The Kier molecular flexibility index (Phi) is 8.90. The number of aromatic nitrogens is 2. The van der Waals surface area contributed by atoms with E-state index >= 15 is 0 Å². The Morgan fingerprint density at radius 2 is 1.79 bits per heavy atom. The van der Waals surface area contributed by atoms with Crippen LogP contribution in [0.15, 0.2) is 47.3 Å². The maximum Gasteiger partial charge on any atom is 0.266 e. The van der Waals surface area contributed by atoms with Gasteiger partial charge in [0.05, 0.1) is 22.6 Å². The number of unbranched alkanes of at least 4 members (excludes halogenated alkanes) is 3. The van der Waals surface area contributed by atoms with Gasteiger partial charge >= 0.3 is 0 Å². The zero-order valence-electron chi connectivity index (χ0n) is 21.0. The minimum atomic E-state index is -0.372. The third-order valence-electron chi connectivity index (χ3n) is 6.28. The zero-order chi connectivity index (χ0) is 24.8. The Bertz CT molecular complexity index is 1200. The number of para-hydroxylation sites is 1. The van der Waals surface area contributed by atoms with E-state index in [1.165, 1.54) is 0 Å². The van der Waals surface area contributed by atoms with Crippen molar-refractivity contribution >= 4 is 28.4 Å². The normalized spacial score (nSPS) is 12.3. The van der Waals surface area contributed by atoms with Crippen LogP contribution >= 0.6 is 11.6 Å². The maximum absolute atomic E-state index is 13.8. The van der Waals surface area contributed by atoms with Crippen LogP contribution < -0.4 is 5.56 Å². The molecule has 0 N–H and O–H groups in total. The smallest absolute Gasteiger partial charge is 0.266 e. The van der Waals surface area contributed by atoms with Gasteiger partial charge in [0, 0.05) is 18.0 Å². The molecule has 1 heterocycles. The summed E-state index contributed by atoms with van der Waals surface area (Å²) in [7, 11) is 0. The number of rotatable bonds is 10. The Hall–Kier alpha value is -2.66. The second-order valence-electron chi connectivity index (χ2n) is 9.43. The highest BCUT2D eigenvalue weighted by Gasteiger charge is 2.27. The lowest BCUT2D eigenvalue weighted by Gasteiger charge is -2.31. The summed E-state index contributed by atoms with van der Waals surface area (Å²) in [5.74, 6) is 0.900. The first-order chi connectivity index (χ1) is 16.3. The average Bonchev–Trinajstić information content (AvgIpc) is 2.80. The van der Waals surface area contributed by atoms with Crippen LogP contribution in [0.2, 0.25) is 5.02 Å². The number of carbonyl (C=O) groups excluding carboxylic acids is 1. The standard InChI is InChI=1S/C28H36ClN3O2/c1-6-7-8-11-17-31(26(33)18-19(2)3)21(5)27-30-24-15-10-9-13-22(24)28(34)32(27)25-16-12-14-23(29)20(25)4/h9-10,12-16,19,21H,6-8,11,17-18H2,1-5H3. The van der Waals surface area contributed by atoms with E-state index in [4.69, 9.17) is 16.6 Å². The van der Waals surface area contributed by atoms with Crippen molar-refractivity contribution in [2.75, 3.05) is 6.54 Å². The molecule has 182 valence electrons. The number of nitrogens with zero attached hydrogens (tertiary/aromatic N) is 3. The van der Waals surface area contributed by atoms with Crippen molar-refractivity contribution < 1.29 is 4.79 Å². The molecule has 6 heteroatoms. The number of amides is 1. The van der Waals surface area contributed by atoms with Crippen molar-refractivity contribution in [3.05, 3.63) is 69.2 Å². The van der Waals surface area contributed by atoms with Crippen LogP contribution in [-0.2, 0) is 4.79 Å². The van der Waals surface area contributed by atoms with E-state index < -0.39 is 0 Å². The number of fused-ring (bicyclic) bond motifs is 1. The SMILES string of the molecule is CCCCCCN(C(=O)CC(C)C)C(C)c1nc2ccccc2c(=O)n1-c1cccc(Cl)c1C. The molecule has 0 aliphatic carbocycles. The molecule has 1 unspecified atom stereocenters. The molecule has 0 aliphatic heterocycles. The molecule has 1 atom stereocenters. The van der Waals surface area contributed by atoms with Gasteiger partial charge in [0.15, 0.2) is 0 Å².